The molecule has 0 aliphatic carbocycles. The van der Waals surface area contributed by atoms with Gasteiger partial charge < -0.3 is 19.3 Å². The summed E-state index contributed by atoms with van der Waals surface area (Å²) in [5.74, 6) is 0. The molecular formula is C14H30O4. The predicted molar refractivity (Wildman–Crippen MR) is 72.9 cm³/mol. The Morgan fingerprint density at radius 3 is 2.22 bits per heavy atom. The topological polar surface area (TPSA) is 47.9 Å². The maximum atomic E-state index is 8.49. The van der Waals surface area contributed by atoms with E-state index >= 15 is 0 Å². The average molecular weight is 262 g/mol. The second-order valence-electron chi connectivity index (χ2n) is 4.48. The first kappa shape index (κ1) is 17.8. The molecule has 1 unspecified atom stereocenters. The number of aliphatic hydroxyl groups is 1. The van der Waals surface area contributed by atoms with E-state index in [1.165, 1.54) is 25.7 Å². The highest BCUT2D eigenvalue weighted by molar-refractivity contribution is 4.51. The van der Waals surface area contributed by atoms with Crippen LogP contribution in [0.1, 0.15) is 46.0 Å². The van der Waals surface area contributed by atoms with Crippen molar-refractivity contribution in [3.05, 3.63) is 0 Å². The Morgan fingerprint density at radius 2 is 1.56 bits per heavy atom. The summed E-state index contributed by atoms with van der Waals surface area (Å²) in [6, 6.07) is 0. The van der Waals surface area contributed by atoms with Gasteiger partial charge in [-0.25, -0.2) is 0 Å². The molecule has 0 amide bonds. The van der Waals surface area contributed by atoms with Gasteiger partial charge in [0, 0.05) is 0 Å². The minimum absolute atomic E-state index is 0.0681. The average Bonchev–Trinajstić information content (AvgIpc) is 2.38. The predicted octanol–water partition coefficient (Wildman–Crippen LogP) is 2.39. The van der Waals surface area contributed by atoms with Crippen molar-refractivity contribution in [2.45, 2.75) is 52.1 Å². The summed E-state index contributed by atoms with van der Waals surface area (Å²) in [5.41, 5.74) is 0. The lowest BCUT2D eigenvalue weighted by molar-refractivity contribution is -0.0121. The lowest BCUT2D eigenvalue weighted by Gasteiger charge is -2.13. The molecule has 110 valence electrons. The molecule has 1 N–H and O–H groups in total. The van der Waals surface area contributed by atoms with E-state index < -0.39 is 0 Å². The zero-order valence-electron chi connectivity index (χ0n) is 12.0. The third-order valence-corrected chi connectivity index (χ3v) is 2.70. The van der Waals surface area contributed by atoms with E-state index in [-0.39, 0.29) is 6.61 Å². The van der Waals surface area contributed by atoms with E-state index in [2.05, 4.69) is 13.8 Å². The van der Waals surface area contributed by atoms with E-state index in [0.717, 1.165) is 6.42 Å². The van der Waals surface area contributed by atoms with Crippen molar-refractivity contribution in [2.75, 3.05) is 39.6 Å². The molecule has 0 radical (unpaired) electrons. The molecule has 4 heteroatoms. The van der Waals surface area contributed by atoms with Crippen LogP contribution in [0.4, 0.5) is 0 Å². The van der Waals surface area contributed by atoms with Gasteiger partial charge >= 0.3 is 0 Å². The van der Waals surface area contributed by atoms with Crippen molar-refractivity contribution in [1.82, 2.24) is 0 Å². The van der Waals surface area contributed by atoms with Crippen molar-refractivity contribution in [1.29, 1.82) is 0 Å². The minimum Gasteiger partial charge on any atom is -0.394 e. The maximum Gasteiger partial charge on any atom is 0.0704 e. The lowest BCUT2D eigenvalue weighted by atomic mass is 10.1. The van der Waals surface area contributed by atoms with E-state index in [4.69, 9.17) is 19.3 Å². The first-order chi connectivity index (χ1) is 8.81. The normalized spacial score (nSPS) is 12.8. The summed E-state index contributed by atoms with van der Waals surface area (Å²) in [7, 11) is 0. The smallest absolute Gasteiger partial charge is 0.0704 e. The summed E-state index contributed by atoms with van der Waals surface area (Å²) in [4.78, 5) is 0. The summed E-state index contributed by atoms with van der Waals surface area (Å²) in [5, 5.41) is 8.49. The molecule has 0 aliphatic heterocycles. The van der Waals surface area contributed by atoms with Crippen molar-refractivity contribution < 1.29 is 19.3 Å². The van der Waals surface area contributed by atoms with Crippen molar-refractivity contribution >= 4 is 0 Å². The standard InChI is InChI=1S/C14H30O4/c1-3-4-5-6-7-14(2)18-13-12-17-11-10-16-9-8-15/h14-15H,3-13H2,1-2H3. The fourth-order valence-corrected chi connectivity index (χ4v) is 1.64. The van der Waals surface area contributed by atoms with Gasteiger partial charge in [-0.05, 0) is 13.3 Å². The molecule has 0 aliphatic rings. The van der Waals surface area contributed by atoms with Gasteiger partial charge in [0.05, 0.1) is 45.7 Å². The Hall–Kier alpha value is -0.160. The SMILES string of the molecule is CCCCCCC(C)OCCOCCOCCO. The summed E-state index contributed by atoms with van der Waals surface area (Å²) in [6.45, 7) is 7.16. The number of hydrogen-bond donors (Lipinski definition) is 1. The van der Waals surface area contributed by atoms with Crippen LogP contribution < -0.4 is 0 Å². The Kier molecular flexibility index (Phi) is 14.8. The van der Waals surface area contributed by atoms with E-state index in [0.29, 0.717) is 39.1 Å². The minimum atomic E-state index is 0.0681. The first-order valence-corrected chi connectivity index (χ1v) is 7.19. The Balaban J connectivity index is 3.08. The number of aliphatic hydroxyl groups excluding tert-OH is 1. The molecule has 0 heterocycles. The van der Waals surface area contributed by atoms with Gasteiger partial charge in [0.25, 0.3) is 0 Å². The lowest BCUT2D eigenvalue weighted by Crippen LogP contribution is -2.15. The molecule has 0 saturated heterocycles. The second kappa shape index (κ2) is 14.9. The monoisotopic (exact) mass is 262 g/mol. The van der Waals surface area contributed by atoms with E-state index in [1.807, 2.05) is 0 Å². The zero-order chi connectivity index (χ0) is 13.5. The van der Waals surface area contributed by atoms with Crippen molar-refractivity contribution in [3.8, 4) is 0 Å². The quantitative estimate of drug-likeness (QED) is 0.488. The number of rotatable bonds is 14. The molecule has 0 saturated carbocycles. The molecule has 1 atom stereocenters. The van der Waals surface area contributed by atoms with Crippen LogP contribution >= 0.6 is 0 Å². The van der Waals surface area contributed by atoms with Crippen LogP contribution in [0.2, 0.25) is 0 Å². The fourth-order valence-electron chi connectivity index (χ4n) is 1.64. The van der Waals surface area contributed by atoms with Gasteiger partial charge in [-0.1, -0.05) is 32.6 Å². The molecule has 0 aromatic carbocycles. The molecule has 4 nitrogen and oxygen atoms in total. The van der Waals surface area contributed by atoms with Crippen LogP contribution in [0.25, 0.3) is 0 Å². The molecule has 0 bridgehead atoms. The second-order valence-corrected chi connectivity index (χ2v) is 4.48. The van der Waals surface area contributed by atoms with Crippen LogP contribution in [0.15, 0.2) is 0 Å². The summed E-state index contributed by atoms with van der Waals surface area (Å²) >= 11 is 0. The molecule has 0 spiro atoms. The van der Waals surface area contributed by atoms with Gasteiger partial charge in [0.2, 0.25) is 0 Å². The zero-order valence-corrected chi connectivity index (χ0v) is 12.0. The number of ether oxygens (including phenoxy) is 3. The Morgan fingerprint density at radius 1 is 0.889 bits per heavy atom. The van der Waals surface area contributed by atoms with Gasteiger partial charge in [0.1, 0.15) is 0 Å². The molecule has 0 aromatic heterocycles. The van der Waals surface area contributed by atoms with Crippen LogP contribution in [0, 0.1) is 0 Å². The van der Waals surface area contributed by atoms with Crippen LogP contribution in [-0.2, 0) is 14.2 Å². The van der Waals surface area contributed by atoms with Gasteiger partial charge in [0.15, 0.2) is 0 Å². The van der Waals surface area contributed by atoms with Crippen molar-refractivity contribution in [3.63, 3.8) is 0 Å². The van der Waals surface area contributed by atoms with Gasteiger partial charge in [-0.15, -0.1) is 0 Å². The number of hydrogen-bond acceptors (Lipinski definition) is 4. The summed E-state index contributed by atoms with van der Waals surface area (Å²) < 4.78 is 16.1. The van der Waals surface area contributed by atoms with Crippen LogP contribution in [0.3, 0.4) is 0 Å². The maximum absolute atomic E-state index is 8.49. The molecule has 0 rings (SSSR count). The molecule has 0 fully saturated rings. The van der Waals surface area contributed by atoms with Gasteiger partial charge in [-0.3, -0.25) is 0 Å². The van der Waals surface area contributed by atoms with Crippen molar-refractivity contribution in [2.24, 2.45) is 0 Å². The molecule has 0 aromatic rings. The largest absolute Gasteiger partial charge is 0.394 e. The van der Waals surface area contributed by atoms with E-state index in [9.17, 15) is 0 Å². The first-order valence-electron chi connectivity index (χ1n) is 7.19. The highest BCUT2D eigenvalue weighted by Gasteiger charge is 2.01. The molecular weight excluding hydrogens is 232 g/mol. The number of unbranched alkanes of at least 4 members (excludes halogenated alkanes) is 3. The third-order valence-electron chi connectivity index (χ3n) is 2.70. The van der Waals surface area contributed by atoms with Gasteiger partial charge in [-0.2, -0.15) is 0 Å². The Bertz CT molecular complexity index is 153. The fraction of sp³-hybridized carbons (Fsp3) is 1.00. The van der Waals surface area contributed by atoms with E-state index in [1.54, 1.807) is 0 Å². The third kappa shape index (κ3) is 13.9. The summed E-state index contributed by atoms with van der Waals surface area (Å²) in [6.07, 6.45) is 6.63. The Labute approximate surface area is 112 Å². The highest BCUT2D eigenvalue weighted by Crippen LogP contribution is 2.07. The highest BCUT2D eigenvalue weighted by atomic mass is 16.5. The van der Waals surface area contributed by atoms with Crippen LogP contribution in [0.5, 0.6) is 0 Å². The van der Waals surface area contributed by atoms with Crippen LogP contribution in [-0.4, -0.2) is 50.9 Å². The molecule has 18 heavy (non-hydrogen) atoms.